The van der Waals surface area contributed by atoms with Gasteiger partial charge in [0.1, 0.15) is 0 Å². The van der Waals surface area contributed by atoms with Crippen LogP contribution in [-0.4, -0.2) is 29.4 Å². The predicted octanol–water partition coefficient (Wildman–Crippen LogP) is 2.15. The van der Waals surface area contributed by atoms with Gasteiger partial charge in [0.15, 0.2) is 0 Å². The maximum absolute atomic E-state index is 12.0. The molecule has 1 aliphatic rings. The molecule has 0 saturated heterocycles. The van der Waals surface area contributed by atoms with Gasteiger partial charge in [-0.1, -0.05) is 26.7 Å². The number of hydrogen-bond acceptors (Lipinski definition) is 2. The molecule has 0 aromatic rings. The van der Waals surface area contributed by atoms with E-state index in [2.05, 4.69) is 13.8 Å². The van der Waals surface area contributed by atoms with E-state index < -0.39 is 0 Å². The summed E-state index contributed by atoms with van der Waals surface area (Å²) >= 11 is 0. The molecule has 3 heteroatoms. The molecular formula is C13H26N2O. The number of nitrogens with two attached hydrogens (primary N) is 1. The van der Waals surface area contributed by atoms with Crippen molar-refractivity contribution in [2.24, 2.45) is 11.7 Å². The highest BCUT2D eigenvalue weighted by atomic mass is 16.2. The summed E-state index contributed by atoms with van der Waals surface area (Å²) in [5.74, 6) is 0.775. The topological polar surface area (TPSA) is 46.3 Å². The first kappa shape index (κ1) is 13.5. The fraction of sp³-hybridized carbons (Fsp3) is 0.923. The Labute approximate surface area is 99.4 Å². The molecule has 1 atom stereocenters. The van der Waals surface area contributed by atoms with Crippen LogP contribution in [0.15, 0.2) is 0 Å². The molecule has 0 heterocycles. The summed E-state index contributed by atoms with van der Waals surface area (Å²) in [6.45, 7) is 7.06. The Morgan fingerprint density at radius 2 is 1.88 bits per heavy atom. The highest BCUT2D eigenvalue weighted by molar-refractivity contribution is 5.81. The number of nitrogens with zero attached hydrogens (tertiary/aromatic N) is 1. The van der Waals surface area contributed by atoms with Crippen LogP contribution in [0.5, 0.6) is 0 Å². The van der Waals surface area contributed by atoms with Gasteiger partial charge in [-0.25, -0.2) is 0 Å². The zero-order valence-corrected chi connectivity index (χ0v) is 10.9. The van der Waals surface area contributed by atoms with E-state index in [1.807, 2.05) is 4.90 Å². The van der Waals surface area contributed by atoms with Crippen LogP contribution in [0.1, 0.15) is 52.9 Å². The van der Waals surface area contributed by atoms with E-state index >= 15 is 0 Å². The van der Waals surface area contributed by atoms with Crippen molar-refractivity contribution in [2.45, 2.75) is 65.0 Å². The second kappa shape index (κ2) is 6.24. The second-order valence-corrected chi connectivity index (χ2v) is 5.44. The lowest BCUT2D eigenvalue weighted by Gasteiger charge is -2.31. The Morgan fingerprint density at radius 3 is 2.31 bits per heavy atom. The lowest BCUT2D eigenvalue weighted by Crippen LogP contribution is -2.47. The first-order chi connectivity index (χ1) is 7.52. The van der Waals surface area contributed by atoms with Gasteiger partial charge in [0.2, 0.25) is 5.91 Å². The molecule has 0 aliphatic heterocycles. The number of carbonyl (C=O) groups excluding carboxylic acids is 1. The molecule has 0 bridgehead atoms. The Bertz CT molecular complexity index is 220. The number of carbonyl (C=O) groups is 1. The minimum Gasteiger partial charge on any atom is -0.338 e. The molecule has 2 N–H and O–H groups in total. The van der Waals surface area contributed by atoms with E-state index in [9.17, 15) is 4.79 Å². The van der Waals surface area contributed by atoms with E-state index in [1.54, 1.807) is 6.92 Å². The average Bonchev–Trinajstić information content (AvgIpc) is 2.70. The summed E-state index contributed by atoms with van der Waals surface area (Å²) in [5.41, 5.74) is 5.72. The van der Waals surface area contributed by atoms with Crippen molar-refractivity contribution in [3.05, 3.63) is 0 Å². The van der Waals surface area contributed by atoms with E-state index in [1.165, 1.54) is 12.8 Å². The summed E-state index contributed by atoms with van der Waals surface area (Å²) in [4.78, 5) is 14.1. The highest BCUT2D eigenvalue weighted by Gasteiger charge is 2.27. The second-order valence-electron chi connectivity index (χ2n) is 5.44. The van der Waals surface area contributed by atoms with Crippen LogP contribution in [0.3, 0.4) is 0 Å². The van der Waals surface area contributed by atoms with E-state index in [0.29, 0.717) is 12.0 Å². The van der Waals surface area contributed by atoms with Gasteiger partial charge in [-0.3, -0.25) is 4.79 Å². The fourth-order valence-corrected chi connectivity index (χ4v) is 2.35. The molecule has 1 fully saturated rings. The van der Waals surface area contributed by atoms with Crippen LogP contribution in [-0.2, 0) is 4.79 Å². The third-order valence-corrected chi connectivity index (χ3v) is 3.39. The van der Waals surface area contributed by atoms with Crippen molar-refractivity contribution in [1.82, 2.24) is 4.90 Å². The number of hydrogen-bond donors (Lipinski definition) is 1. The van der Waals surface area contributed by atoms with Gasteiger partial charge in [-0.05, 0) is 32.1 Å². The monoisotopic (exact) mass is 226 g/mol. The highest BCUT2D eigenvalue weighted by Crippen LogP contribution is 2.24. The smallest absolute Gasteiger partial charge is 0.239 e. The normalized spacial score (nSPS) is 19.1. The van der Waals surface area contributed by atoms with E-state index in [-0.39, 0.29) is 11.9 Å². The summed E-state index contributed by atoms with van der Waals surface area (Å²) in [7, 11) is 0. The van der Waals surface area contributed by atoms with Gasteiger partial charge in [0.25, 0.3) is 0 Å². The van der Waals surface area contributed by atoms with Gasteiger partial charge in [0, 0.05) is 12.6 Å². The van der Waals surface area contributed by atoms with Crippen molar-refractivity contribution in [1.29, 1.82) is 0 Å². The van der Waals surface area contributed by atoms with Crippen molar-refractivity contribution in [3.63, 3.8) is 0 Å². The third-order valence-electron chi connectivity index (χ3n) is 3.39. The van der Waals surface area contributed by atoms with Gasteiger partial charge in [0.05, 0.1) is 6.04 Å². The molecule has 16 heavy (non-hydrogen) atoms. The zero-order chi connectivity index (χ0) is 12.1. The molecule has 0 aromatic carbocycles. The summed E-state index contributed by atoms with van der Waals surface area (Å²) < 4.78 is 0. The molecule has 0 spiro atoms. The minimum atomic E-state index is -0.354. The molecule has 0 aromatic heterocycles. The summed E-state index contributed by atoms with van der Waals surface area (Å²) in [5, 5.41) is 0. The maximum atomic E-state index is 12.0. The SMILES string of the molecule is CC(C)CCN(C(=O)C(C)N)C1CCCC1. The fourth-order valence-electron chi connectivity index (χ4n) is 2.35. The van der Waals surface area contributed by atoms with Crippen LogP contribution >= 0.6 is 0 Å². The third kappa shape index (κ3) is 3.78. The molecule has 0 radical (unpaired) electrons. The van der Waals surface area contributed by atoms with E-state index in [4.69, 9.17) is 5.73 Å². The zero-order valence-electron chi connectivity index (χ0n) is 10.9. The Balaban J connectivity index is 2.56. The maximum Gasteiger partial charge on any atom is 0.239 e. The molecule has 1 unspecified atom stereocenters. The largest absolute Gasteiger partial charge is 0.338 e. The first-order valence-electron chi connectivity index (χ1n) is 6.58. The van der Waals surface area contributed by atoms with Gasteiger partial charge in [-0.2, -0.15) is 0 Å². The summed E-state index contributed by atoms with van der Waals surface area (Å²) in [6, 6.07) is 0.102. The lowest BCUT2D eigenvalue weighted by atomic mass is 10.1. The average molecular weight is 226 g/mol. The quantitative estimate of drug-likeness (QED) is 0.780. The van der Waals surface area contributed by atoms with E-state index in [0.717, 1.165) is 25.8 Å². The molecule has 1 aliphatic carbocycles. The standard InChI is InChI=1S/C13H26N2O/c1-10(2)8-9-15(13(16)11(3)14)12-6-4-5-7-12/h10-12H,4-9,14H2,1-3H3. The lowest BCUT2D eigenvalue weighted by molar-refractivity contribution is -0.134. The minimum absolute atomic E-state index is 0.132. The van der Waals surface area contributed by atoms with Gasteiger partial charge in [-0.15, -0.1) is 0 Å². The van der Waals surface area contributed by atoms with Crippen molar-refractivity contribution in [3.8, 4) is 0 Å². The van der Waals surface area contributed by atoms with Crippen LogP contribution in [0, 0.1) is 5.92 Å². The molecule has 94 valence electrons. The van der Waals surface area contributed by atoms with Crippen molar-refractivity contribution < 1.29 is 4.79 Å². The predicted molar refractivity (Wildman–Crippen MR) is 67.1 cm³/mol. The van der Waals surface area contributed by atoms with Crippen molar-refractivity contribution in [2.75, 3.05) is 6.54 Å². The van der Waals surface area contributed by atoms with Crippen LogP contribution in [0.25, 0.3) is 0 Å². The van der Waals surface area contributed by atoms with Crippen LogP contribution in [0.2, 0.25) is 0 Å². The van der Waals surface area contributed by atoms with Crippen LogP contribution < -0.4 is 5.73 Å². The summed E-state index contributed by atoms with van der Waals surface area (Å²) in [6.07, 6.45) is 5.92. The Morgan fingerprint density at radius 1 is 1.31 bits per heavy atom. The van der Waals surface area contributed by atoms with Crippen LogP contribution in [0.4, 0.5) is 0 Å². The molecular weight excluding hydrogens is 200 g/mol. The van der Waals surface area contributed by atoms with Gasteiger partial charge >= 0.3 is 0 Å². The molecule has 1 amide bonds. The van der Waals surface area contributed by atoms with Gasteiger partial charge < -0.3 is 10.6 Å². The molecule has 3 nitrogen and oxygen atoms in total. The Hall–Kier alpha value is -0.570. The number of amides is 1. The van der Waals surface area contributed by atoms with Crippen molar-refractivity contribution >= 4 is 5.91 Å². The molecule has 1 saturated carbocycles. The Kier molecular flexibility index (Phi) is 5.26. The number of rotatable bonds is 5. The first-order valence-corrected chi connectivity index (χ1v) is 6.58. The molecule has 1 rings (SSSR count).